The summed E-state index contributed by atoms with van der Waals surface area (Å²) in [6, 6.07) is 12.3. The van der Waals surface area contributed by atoms with Crippen LogP contribution in [0.3, 0.4) is 0 Å². The lowest BCUT2D eigenvalue weighted by Gasteiger charge is -2.08. The molecule has 0 saturated heterocycles. The summed E-state index contributed by atoms with van der Waals surface area (Å²) in [4.78, 5) is 0. The summed E-state index contributed by atoms with van der Waals surface area (Å²) in [5, 5.41) is 7.57. The fraction of sp³-hybridized carbons (Fsp3) is 0.125. The van der Waals surface area contributed by atoms with Crippen LogP contribution in [0.15, 0.2) is 46.9 Å². The molecule has 0 atom stereocenters. The molecule has 0 fully saturated rings. The van der Waals surface area contributed by atoms with Crippen LogP contribution in [0.5, 0.6) is 0 Å². The number of hydrogen-bond donors (Lipinski definition) is 1. The van der Waals surface area contributed by atoms with E-state index in [1.54, 1.807) is 17.8 Å². The van der Waals surface area contributed by atoms with Crippen LogP contribution in [-0.4, -0.2) is 14.8 Å². The molecule has 0 unspecified atom stereocenters. The van der Waals surface area contributed by atoms with Crippen LogP contribution in [0.1, 0.15) is 11.4 Å². The van der Waals surface area contributed by atoms with Gasteiger partial charge in [-0.25, -0.2) is 4.39 Å². The normalized spacial score (nSPS) is 11.0. The summed E-state index contributed by atoms with van der Waals surface area (Å²) >= 11 is 16.4. The molecular weight excluding hydrogens is 433 g/mol. The third kappa shape index (κ3) is 4.08. The third-order valence-corrected chi connectivity index (χ3v) is 5.46. The van der Waals surface area contributed by atoms with Gasteiger partial charge >= 0.3 is 0 Å². The smallest absolute Gasteiger partial charge is 0.199 e. The van der Waals surface area contributed by atoms with Crippen molar-refractivity contribution >= 4 is 51.5 Å². The Morgan fingerprint density at radius 3 is 2.67 bits per heavy atom. The predicted molar refractivity (Wildman–Crippen MR) is 103 cm³/mol. The summed E-state index contributed by atoms with van der Waals surface area (Å²) in [5.74, 6) is 1.81. The molecule has 2 aromatic carbocycles. The van der Waals surface area contributed by atoms with Crippen LogP contribution in [0.4, 0.5) is 4.39 Å². The number of benzene rings is 2. The Balaban J connectivity index is 1.74. The van der Waals surface area contributed by atoms with Crippen molar-refractivity contribution in [1.82, 2.24) is 14.8 Å². The molecule has 1 heterocycles. The molecule has 0 aliphatic heterocycles. The molecule has 3 nitrogen and oxygen atoms in total. The first-order chi connectivity index (χ1) is 11.5. The van der Waals surface area contributed by atoms with E-state index in [0.717, 1.165) is 21.5 Å². The SMILES string of the molecule is Fc1ccc(CSCc2n[nH]c(=S)n2-c2ccc(Br)cc2)c(Cl)c1. The summed E-state index contributed by atoms with van der Waals surface area (Å²) in [7, 11) is 0. The second-order valence-corrected chi connectivity index (χ2v) is 7.68. The van der Waals surface area contributed by atoms with Gasteiger partial charge in [0.1, 0.15) is 11.6 Å². The minimum Gasteiger partial charge on any atom is -0.271 e. The van der Waals surface area contributed by atoms with Crippen LogP contribution < -0.4 is 0 Å². The van der Waals surface area contributed by atoms with E-state index in [1.807, 2.05) is 28.8 Å². The number of hydrogen-bond acceptors (Lipinski definition) is 3. The number of aromatic nitrogens is 3. The van der Waals surface area contributed by atoms with Crippen molar-refractivity contribution in [2.24, 2.45) is 0 Å². The van der Waals surface area contributed by atoms with Gasteiger partial charge in [0.05, 0.1) is 5.75 Å². The third-order valence-electron chi connectivity index (χ3n) is 3.33. The Morgan fingerprint density at radius 1 is 1.21 bits per heavy atom. The zero-order chi connectivity index (χ0) is 17.1. The van der Waals surface area contributed by atoms with Gasteiger partial charge in [-0.15, -0.1) is 11.8 Å². The first-order valence-corrected chi connectivity index (χ1v) is 9.72. The average Bonchev–Trinajstić information content (AvgIpc) is 2.91. The van der Waals surface area contributed by atoms with E-state index >= 15 is 0 Å². The highest BCUT2D eigenvalue weighted by molar-refractivity contribution is 9.10. The lowest BCUT2D eigenvalue weighted by molar-refractivity contribution is 0.627. The predicted octanol–water partition coefficient (Wildman–Crippen LogP) is 5.92. The highest BCUT2D eigenvalue weighted by Crippen LogP contribution is 2.25. The van der Waals surface area contributed by atoms with Crippen molar-refractivity contribution in [3.05, 3.63) is 73.9 Å². The summed E-state index contributed by atoms with van der Waals surface area (Å²) < 4.78 is 16.5. The summed E-state index contributed by atoms with van der Waals surface area (Å²) in [5.41, 5.74) is 1.85. The largest absolute Gasteiger partial charge is 0.271 e. The van der Waals surface area contributed by atoms with E-state index in [0.29, 0.717) is 21.3 Å². The number of halogens is 3. The van der Waals surface area contributed by atoms with E-state index in [1.165, 1.54) is 12.1 Å². The van der Waals surface area contributed by atoms with Gasteiger partial charge in [0.2, 0.25) is 0 Å². The van der Waals surface area contributed by atoms with Gasteiger partial charge in [-0.05, 0) is 54.2 Å². The van der Waals surface area contributed by atoms with Crippen LogP contribution in [0.25, 0.3) is 5.69 Å². The van der Waals surface area contributed by atoms with Crippen molar-refractivity contribution in [2.45, 2.75) is 11.5 Å². The highest BCUT2D eigenvalue weighted by Gasteiger charge is 2.09. The zero-order valence-corrected chi connectivity index (χ0v) is 16.3. The van der Waals surface area contributed by atoms with E-state index in [9.17, 15) is 4.39 Å². The Kier molecular flexibility index (Phi) is 5.76. The van der Waals surface area contributed by atoms with Gasteiger partial charge in [0.15, 0.2) is 4.77 Å². The first kappa shape index (κ1) is 17.7. The number of H-pyrrole nitrogens is 1. The Morgan fingerprint density at radius 2 is 1.96 bits per heavy atom. The molecule has 1 aromatic heterocycles. The average molecular weight is 445 g/mol. The van der Waals surface area contributed by atoms with Gasteiger partial charge in [0, 0.05) is 20.9 Å². The molecule has 3 rings (SSSR count). The van der Waals surface area contributed by atoms with E-state index in [4.69, 9.17) is 23.8 Å². The van der Waals surface area contributed by atoms with Crippen LogP contribution >= 0.6 is 51.5 Å². The van der Waals surface area contributed by atoms with Crippen molar-refractivity contribution in [2.75, 3.05) is 0 Å². The second kappa shape index (κ2) is 7.82. The molecule has 3 aromatic rings. The monoisotopic (exact) mass is 443 g/mol. The molecule has 0 aliphatic rings. The Labute approximate surface area is 161 Å². The molecule has 0 amide bonds. The van der Waals surface area contributed by atoms with Crippen molar-refractivity contribution in [3.8, 4) is 5.69 Å². The zero-order valence-electron chi connectivity index (χ0n) is 12.3. The van der Waals surface area contributed by atoms with Crippen molar-refractivity contribution < 1.29 is 4.39 Å². The van der Waals surface area contributed by atoms with Crippen LogP contribution in [0.2, 0.25) is 5.02 Å². The van der Waals surface area contributed by atoms with Gasteiger partial charge in [-0.3, -0.25) is 9.67 Å². The molecule has 0 aliphatic carbocycles. The standard InChI is InChI=1S/C16H12BrClFN3S2/c17-11-2-5-13(6-3-11)22-15(20-21-16(22)23)9-24-8-10-1-4-12(19)7-14(10)18/h1-7H,8-9H2,(H,21,23). The first-order valence-electron chi connectivity index (χ1n) is 6.98. The van der Waals surface area contributed by atoms with Gasteiger partial charge < -0.3 is 0 Å². The molecule has 0 saturated carbocycles. The lowest BCUT2D eigenvalue weighted by Crippen LogP contribution is -2.00. The highest BCUT2D eigenvalue weighted by atomic mass is 79.9. The second-order valence-electron chi connectivity index (χ2n) is 4.99. The molecule has 24 heavy (non-hydrogen) atoms. The van der Waals surface area contributed by atoms with E-state index in [2.05, 4.69) is 26.1 Å². The van der Waals surface area contributed by atoms with Crippen LogP contribution in [0, 0.1) is 10.6 Å². The maximum atomic E-state index is 13.1. The van der Waals surface area contributed by atoms with Crippen molar-refractivity contribution in [3.63, 3.8) is 0 Å². The minimum absolute atomic E-state index is 0.329. The Bertz CT molecular complexity index is 908. The summed E-state index contributed by atoms with van der Waals surface area (Å²) in [6.07, 6.45) is 0. The molecule has 1 N–H and O–H groups in total. The fourth-order valence-corrected chi connectivity index (χ4v) is 3.96. The molecule has 0 bridgehead atoms. The number of aromatic amines is 1. The summed E-state index contributed by atoms with van der Waals surface area (Å²) in [6.45, 7) is 0. The maximum Gasteiger partial charge on any atom is 0.199 e. The van der Waals surface area contributed by atoms with Gasteiger partial charge in [0.25, 0.3) is 0 Å². The molecule has 0 radical (unpaired) electrons. The molecule has 124 valence electrons. The number of nitrogens with zero attached hydrogens (tertiary/aromatic N) is 2. The topological polar surface area (TPSA) is 33.6 Å². The quantitative estimate of drug-likeness (QED) is 0.496. The van der Waals surface area contributed by atoms with Gasteiger partial charge in [-0.1, -0.05) is 33.6 Å². The van der Waals surface area contributed by atoms with E-state index in [-0.39, 0.29) is 5.82 Å². The fourth-order valence-electron chi connectivity index (χ4n) is 2.17. The lowest BCUT2D eigenvalue weighted by atomic mass is 10.2. The molecule has 0 spiro atoms. The van der Waals surface area contributed by atoms with E-state index < -0.39 is 0 Å². The number of rotatable bonds is 5. The molecular formula is C16H12BrClFN3S2. The molecule has 8 heteroatoms. The number of thioether (sulfide) groups is 1. The minimum atomic E-state index is -0.329. The maximum absolute atomic E-state index is 13.1. The van der Waals surface area contributed by atoms with Crippen molar-refractivity contribution in [1.29, 1.82) is 0 Å². The van der Waals surface area contributed by atoms with Gasteiger partial charge in [-0.2, -0.15) is 5.10 Å². The van der Waals surface area contributed by atoms with Crippen LogP contribution in [-0.2, 0) is 11.5 Å². The number of nitrogens with one attached hydrogen (secondary N) is 1. The Hall–Kier alpha value is -1.15.